The normalized spacial score (nSPS) is 13.1. The highest BCUT2D eigenvalue weighted by molar-refractivity contribution is 5.26. The van der Waals surface area contributed by atoms with Gasteiger partial charge in [-0.3, -0.25) is 0 Å². The van der Waals surface area contributed by atoms with Crippen molar-refractivity contribution in [1.29, 1.82) is 0 Å². The van der Waals surface area contributed by atoms with Crippen molar-refractivity contribution in [3.8, 4) is 0 Å². The maximum Gasteiger partial charge on any atom is 0.0291 e. The number of nitrogens with one attached hydrogen (secondary N) is 1. The highest BCUT2D eigenvalue weighted by atomic mass is 14.9. The number of benzene rings is 1. The average Bonchev–Trinajstić information content (AvgIpc) is 2.29. The van der Waals surface area contributed by atoms with Crippen molar-refractivity contribution < 1.29 is 0 Å². The molecular weight excluding hydrogens is 196 g/mol. The maximum atomic E-state index is 5.47. The zero-order chi connectivity index (χ0) is 12.0. The van der Waals surface area contributed by atoms with Crippen LogP contribution >= 0.6 is 0 Å². The van der Waals surface area contributed by atoms with Gasteiger partial charge in [-0.05, 0) is 43.5 Å². The SMILES string of the molecule is CC(C)c1ccc(C(C)NCCCN)cc1. The zero-order valence-electron chi connectivity index (χ0n) is 10.7. The summed E-state index contributed by atoms with van der Waals surface area (Å²) in [6.45, 7) is 8.38. The molecule has 0 saturated heterocycles. The molecule has 0 aliphatic carbocycles. The van der Waals surface area contributed by atoms with Crippen LogP contribution in [0.1, 0.15) is 50.3 Å². The topological polar surface area (TPSA) is 38.0 Å². The molecule has 0 saturated carbocycles. The van der Waals surface area contributed by atoms with Gasteiger partial charge < -0.3 is 11.1 Å². The Hall–Kier alpha value is -0.860. The van der Waals surface area contributed by atoms with E-state index in [1.165, 1.54) is 11.1 Å². The minimum absolute atomic E-state index is 0.410. The third-order valence-corrected chi connectivity index (χ3v) is 2.93. The number of hydrogen-bond acceptors (Lipinski definition) is 2. The highest BCUT2D eigenvalue weighted by Gasteiger charge is 2.04. The van der Waals surface area contributed by atoms with Gasteiger partial charge >= 0.3 is 0 Å². The van der Waals surface area contributed by atoms with E-state index in [1.54, 1.807) is 0 Å². The lowest BCUT2D eigenvalue weighted by atomic mass is 9.99. The molecule has 0 radical (unpaired) electrons. The molecule has 1 rings (SSSR count). The maximum absolute atomic E-state index is 5.47. The molecule has 1 aromatic carbocycles. The van der Waals surface area contributed by atoms with Crippen LogP contribution in [0.25, 0.3) is 0 Å². The zero-order valence-corrected chi connectivity index (χ0v) is 10.7. The molecule has 2 nitrogen and oxygen atoms in total. The van der Waals surface area contributed by atoms with Gasteiger partial charge in [0.1, 0.15) is 0 Å². The van der Waals surface area contributed by atoms with Crippen molar-refractivity contribution >= 4 is 0 Å². The summed E-state index contributed by atoms with van der Waals surface area (Å²) in [4.78, 5) is 0. The third-order valence-electron chi connectivity index (χ3n) is 2.93. The lowest BCUT2D eigenvalue weighted by Gasteiger charge is -2.15. The summed E-state index contributed by atoms with van der Waals surface area (Å²) >= 11 is 0. The van der Waals surface area contributed by atoms with Gasteiger partial charge in [0.05, 0.1) is 0 Å². The van der Waals surface area contributed by atoms with Crippen LogP contribution in [-0.4, -0.2) is 13.1 Å². The van der Waals surface area contributed by atoms with Gasteiger partial charge in [-0.25, -0.2) is 0 Å². The second-order valence-corrected chi connectivity index (χ2v) is 4.64. The van der Waals surface area contributed by atoms with E-state index in [4.69, 9.17) is 5.73 Å². The van der Waals surface area contributed by atoms with E-state index in [-0.39, 0.29) is 0 Å². The van der Waals surface area contributed by atoms with Gasteiger partial charge in [0.15, 0.2) is 0 Å². The summed E-state index contributed by atoms with van der Waals surface area (Å²) in [5.74, 6) is 0.606. The number of rotatable bonds is 6. The molecule has 0 aliphatic heterocycles. The van der Waals surface area contributed by atoms with Crippen LogP contribution in [0, 0.1) is 0 Å². The smallest absolute Gasteiger partial charge is 0.0291 e. The fourth-order valence-corrected chi connectivity index (χ4v) is 1.71. The Kier molecular flexibility index (Phi) is 5.50. The monoisotopic (exact) mass is 220 g/mol. The van der Waals surface area contributed by atoms with E-state index >= 15 is 0 Å². The summed E-state index contributed by atoms with van der Waals surface area (Å²) in [7, 11) is 0. The second-order valence-electron chi connectivity index (χ2n) is 4.64. The van der Waals surface area contributed by atoms with Gasteiger partial charge in [0, 0.05) is 6.04 Å². The molecule has 0 aromatic heterocycles. The first kappa shape index (κ1) is 13.2. The van der Waals surface area contributed by atoms with Crippen LogP contribution in [0.4, 0.5) is 0 Å². The van der Waals surface area contributed by atoms with Crippen LogP contribution in [0.2, 0.25) is 0 Å². The van der Waals surface area contributed by atoms with Crippen LogP contribution in [0.5, 0.6) is 0 Å². The largest absolute Gasteiger partial charge is 0.330 e. The second kappa shape index (κ2) is 6.66. The molecule has 90 valence electrons. The lowest BCUT2D eigenvalue weighted by Crippen LogP contribution is -2.21. The van der Waals surface area contributed by atoms with Crippen LogP contribution in [0.15, 0.2) is 24.3 Å². The predicted molar refractivity (Wildman–Crippen MR) is 70.6 cm³/mol. The average molecular weight is 220 g/mol. The number of nitrogens with two attached hydrogens (primary N) is 1. The Balaban J connectivity index is 2.52. The molecule has 1 atom stereocenters. The first-order chi connectivity index (χ1) is 7.65. The third kappa shape index (κ3) is 3.95. The molecule has 1 unspecified atom stereocenters. The summed E-state index contributed by atoms with van der Waals surface area (Å²) in [6.07, 6.45) is 1.04. The predicted octanol–water partition coefficient (Wildman–Crippen LogP) is 2.81. The van der Waals surface area contributed by atoms with Crippen molar-refractivity contribution in [1.82, 2.24) is 5.32 Å². The molecule has 0 spiro atoms. The Bertz CT molecular complexity index is 290. The molecule has 3 N–H and O–H groups in total. The van der Waals surface area contributed by atoms with E-state index < -0.39 is 0 Å². The summed E-state index contributed by atoms with van der Waals surface area (Å²) in [5, 5.41) is 3.47. The molecule has 2 heteroatoms. The Morgan fingerprint density at radius 2 is 1.62 bits per heavy atom. The fourth-order valence-electron chi connectivity index (χ4n) is 1.71. The van der Waals surface area contributed by atoms with E-state index in [2.05, 4.69) is 50.4 Å². The molecule has 0 aliphatic rings. The number of hydrogen-bond donors (Lipinski definition) is 2. The highest BCUT2D eigenvalue weighted by Crippen LogP contribution is 2.18. The first-order valence-corrected chi connectivity index (χ1v) is 6.18. The quantitative estimate of drug-likeness (QED) is 0.723. The van der Waals surface area contributed by atoms with Crippen LogP contribution < -0.4 is 11.1 Å². The minimum Gasteiger partial charge on any atom is -0.330 e. The Labute approximate surface area is 99.2 Å². The molecule has 1 aromatic rings. The van der Waals surface area contributed by atoms with Crippen LogP contribution in [-0.2, 0) is 0 Å². The van der Waals surface area contributed by atoms with E-state index in [0.29, 0.717) is 12.0 Å². The van der Waals surface area contributed by atoms with Crippen LogP contribution in [0.3, 0.4) is 0 Å². The molecule has 0 heterocycles. The van der Waals surface area contributed by atoms with Crippen molar-refractivity contribution in [2.75, 3.05) is 13.1 Å². The lowest BCUT2D eigenvalue weighted by molar-refractivity contribution is 0.561. The summed E-state index contributed by atoms with van der Waals surface area (Å²) in [5.41, 5.74) is 8.22. The first-order valence-electron chi connectivity index (χ1n) is 6.18. The van der Waals surface area contributed by atoms with E-state index in [9.17, 15) is 0 Å². The standard InChI is InChI=1S/C14H24N2/c1-11(2)13-5-7-14(8-6-13)12(3)16-10-4-9-15/h5-8,11-12,16H,4,9-10,15H2,1-3H3. The molecule has 0 amide bonds. The Morgan fingerprint density at radius 1 is 1.06 bits per heavy atom. The Morgan fingerprint density at radius 3 is 2.12 bits per heavy atom. The van der Waals surface area contributed by atoms with E-state index in [1.807, 2.05) is 0 Å². The molecule has 0 bridgehead atoms. The van der Waals surface area contributed by atoms with Crippen molar-refractivity contribution in [2.45, 2.75) is 39.2 Å². The fraction of sp³-hybridized carbons (Fsp3) is 0.571. The van der Waals surface area contributed by atoms with Crippen molar-refractivity contribution in [3.63, 3.8) is 0 Å². The van der Waals surface area contributed by atoms with Gasteiger partial charge in [0.2, 0.25) is 0 Å². The minimum atomic E-state index is 0.410. The molecule has 0 fully saturated rings. The van der Waals surface area contributed by atoms with E-state index in [0.717, 1.165) is 19.5 Å². The van der Waals surface area contributed by atoms with Gasteiger partial charge in [-0.15, -0.1) is 0 Å². The molecule has 16 heavy (non-hydrogen) atoms. The van der Waals surface area contributed by atoms with Gasteiger partial charge in [-0.1, -0.05) is 38.1 Å². The van der Waals surface area contributed by atoms with Gasteiger partial charge in [-0.2, -0.15) is 0 Å². The molecular formula is C14H24N2. The summed E-state index contributed by atoms with van der Waals surface area (Å²) < 4.78 is 0. The summed E-state index contributed by atoms with van der Waals surface area (Å²) in [6, 6.07) is 9.29. The van der Waals surface area contributed by atoms with Gasteiger partial charge in [0.25, 0.3) is 0 Å². The van der Waals surface area contributed by atoms with Crippen molar-refractivity contribution in [2.24, 2.45) is 5.73 Å². The van der Waals surface area contributed by atoms with Crippen molar-refractivity contribution in [3.05, 3.63) is 35.4 Å².